The Kier molecular flexibility index (Phi) is 6.53. The number of nitrogens with zero attached hydrogens (tertiary/aromatic N) is 1. The molecule has 158 valence electrons. The van der Waals surface area contributed by atoms with Crippen molar-refractivity contribution in [2.24, 2.45) is 0 Å². The number of nitrogens with one attached hydrogen (secondary N) is 1. The van der Waals surface area contributed by atoms with Gasteiger partial charge in [0.1, 0.15) is 0 Å². The lowest BCUT2D eigenvalue weighted by molar-refractivity contribution is 0.0525. The quantitative estimate of drug-likeness (QED) is 0.543. The van der Waals surface area contributed by atoms with E-state index in [1.165, 1.54) is 4.68 Å². The summed E-state index contributed by atoms with van der Waals surface area (Å²) in [6.07, 6.45) is 0.372. The summed E-state index contributed by atoms with van der Waals surface area (Å²) >= 11 is 6.09. The molecule has 6 nitrogen and oxygen atoms in total. The molecule has 0 atom stereocenters. The third-order valence-electron chi connectivity index (χ3n) is 4.64. The van der Waals surface area contributed by atoms with Gasteiger partial charge in [0, 0.05) is 17.1 Å². The van der Waals surface area contributed by atoms with E-state index in [9.17, 15) is 13.2 Å². The largest absolute Gasteiger partial charge is 0.462 e. The molecule has 0 aliphatic rings. The number of halogens is 1. The van der Waals surface area contributed by atoms with Crippen LogP contribution in [-0.2, 0) is 21.2 Å². The Morgan fingerprint density at radius 2 is 1.80 bits per heavy atom. The number of aromatic nitrogens is 1. The number of carbonyl (C=O) groups excluding carboxylic acids is 1. The van der Waals surface area contributed by atoms with Crippen LogP contribution in [0.15, 0.2) is 59.5 Å². The van der Waals surface area contributed by atoms with E-state index in [-0.39, 0.29) is 11.5 Å². The lowest BCUT2D eigenvalue weighted by Gasteiger charge is -2.15. The van der Waals surface area contributed by atoms with Gasteiger partial charge in [0.05, 0.1) is 22.8 Å². The smallest absolute Gasteiger partial charge is 0.340 e. The predicted molar refractivity (Wildman–Crippen MR) is 117 cm³/mol. The Morgan fingerprint density at radius 1 is 1.10 bits per heavy atom. The van der Waals surface area contributed by atoms with Gasteiger partial charge in [-0.15, -0.1) is 0 Å². The lowest BCUT2D eigenvalue weighted by atomic mass is 10.1. The van der Waals surface area contributed by atoms with E-state index in [2.05, 4.69) is 4.83 Å². The molecule has 1 N–H and O–H groups in total. The standard InChI is InChI=1S/C22H23ClN2O4S/c1-4-29-22(26)21-14-19(13-17-6-5-7-18(23)12-17)25(16(21)3)24-30(27,28)20-10-8-15(2)9-11-20/h5-12,14,24H,4,13H2,1-3H3. The minimum Gasteiger partial charge on any atom is -0.462 e. The molecule has 8 heteroatoms. The maximum atomic E-state index is 13.0. The molecule has 0 bridgehead atoms. The molecule has 3 aromatic rings. The molecule has 1 aromatic heterocycles. The van der Waals surface area contributed by atoms with Crippen molar-refractivity contribution in [2.45, 2.75) is 32.1 Å². The molecule has 0 fully saturated rings. The van der Waals surface area contributed by atoms with Crippen molar-refractivity contribution in [3.63, 3.8) is 0 Å². The number of rotatable bonds is 7. The van der Waals surface area contributed by atoms with Gasteiger partial charge in [0.2, 0.25) is 0 Å². The number of ether oxygens (including phenoxy) is 1. The fourth-order valence-electron chi connectivity index (χ4n) is 3.09. The molecular formula is C22H23ClN2O4S. The molecule has 2 aromatic carbocycles. The fraction of sp³-hybridized carbons (Fsp3) is 0.227. The number of sulfonamides is 1. The Balaban J connectivity index is 2.04. The number of carbonyl (C=O) groups is 1. The van der Waals surface area contributed by atoms with Crippen LogP contribution in [-0.4, -0.2) is 25.7 Å². The summed E-state index contributed by atoms with van der Waals surface area (Å²) in [7, 11) is -3.87. The molecule has 3 rings (SSSR count). The van der Waals surface area contributed by atoms with Gasteiger partial charge in [-0.1, -0.05) is 41.4 Å². The third kappa shape index (κ3) is 4.86. The third-order valence-corrected chi connectivity index (χ3v) is 6.19. The van der Waals surface area contributed by atoms with Crippen LogP contribution < -0.4 is 4.83 Å². The molecule has 0 aliphatic heterocycles. The average molecular weight is 447 g/mol. The van der Waals surface area contributed by atoms with Crippen LogP contribution in [0.4, 0.5) is 0 Å². The Labute approximate surface area is 181 Å². The maximum Gasteiger partial charge on any atom is 0.340 e. The van der Waals surface area contributed by atoms with Crippen molar-refractivity contribution in [1.29, 1.82) is 0 Å². The topological polar surface area (TPSA) is 77.4 Å². The second-order valence-electron chi connectivity index (χ2n) is 6.91. The molecule has 0 spiro atoms. The Hall–Kier alpha value is -2.77. The molecule has 1 heterocycles. The first kappa shape index (κ1) is 21.9. The molecule has 0 saturated carbocycles. The average Bonchev–Trinajstić information content (AvgIpc) is 2.98. The number of esters is 1. The van der Waals surface area contributed by atoms with Gasteiger partial charge in [-0.05, 0) is 56.7 Å². The number of hydrogen-bond acceptors (Lipinski definition) is 4. The van der Waals surface area contributed by atoms with Gasteiger partial charge in [0.15, 0.2) is 0 Å². The summed E-state index contributed by atoms with van der Waals surface area (Å²) in [5.74, 6) is -0.504. The van der Waals surface area contributed by atoms with Crippen LogP contribution in [0.2, 0.25) is 5.02 Å². The summed E-state index contributed by atoms with van der Waals surface area (Å²) in [4.78, 5) is 15.1. The zero-order valence-electron chi connectivity index (χ0n) is 17.0. The highest BCUT2D eigenvalue weighted by atomic mass is 35.5. The molecule has 0 saturated heterocycles. The van der Waals surface area contributed by atoms with E-state index in [1.807, 2.05) is 19.1 Å². The van der Waals surface area contributed by atoms with Gasteiger partial charge in [-0.2, -0.15) is 8.42 Å². The van der Waals surface area contributed by atoms with Crippen molar-refractivity contribution < 1.29 is 17.9 Å². The van der Waals surface area contributed by atoms with Crippen molar-refractivity contribution in [2.75, 3.05) is 11.4 Å². The van der Waals surface area contributed by atoms with Crippen LogP contribution in [0.25, 0.3) is 0 Å². The van der Waals surface area contributed by atoms with Crippen LogP contribution in [0.3, 0.4) is 0 Å². The second kappa shape index (κ2) is 8.93. The Bertz CT molecular complexity index is 1170. The van der Waals surface area contributed by atoms with Gasteiger partial charge in [-0.3, -0.25) is 4.68 Å². The highest BCUT2D eigenvalue weighted by Crippen LogP contribution is 2.22. The minimum absolute atomic E-state index is 0.132. The lowest BCUT2D eigenvalue weighted by Crippen LogP contribution is -2.26. The van der Waals surface area contributed by atoms with E-state index in [0.29, 0.717) is 28.4 Å². The molecule has 0 aliphatic carbocycles. The molecule has 30 heavy (non-hydrogen) atoms. The molecule has 0 radical (unpaired) electrons. The first-order chi connectivity index (χ1) is 14.2. The number of aryl methyl sites for hydroxylation is 1. The summed E-state index contributed by atoms with van der Waals surface area (Å²) in [5.41, 5.74) is 3.18. The summed E-state index contributed by atoms with van der Waals surface area (Å²) in [5, 5.41) is 0.577. The van der Waals surface area contributed by atoms with E-state index < -0.39 is 16.0 Å². The van der Waals surface area contributed by atoms with E-state index in [4.69, 9.17) is 16.3 Å². The first-order valence-electron chi connectivity index (χ1n) is 9.43. The van der Waals surface area contributed by atoms with Gasteiger partial charge < -0.3 is 4.74 Å². The molecule has 0 amide bonds. The minimum atomic E-state index is -3.87. The normalized spacial score (nSPS) is 11.3. The van der Waals surface area contributed by atoms with Crippen molar-refractivity contribution in [3.05, 3.63) is 87.7 Å². The zero-order chi connectivity index (χ0) is 21.9. The van der Waals surface area contributed by atoms with Crippen LogP contribution in [0.5, 0.6) is 0 Å². The molecular weight excluding hydrogens is 424 g/mol. The summed E-state index contributed by atoms with van der Waals surface area (Å²) in [6.45, 7) is 5.50. The second-order valence-corrected chi connectivity index (χ2v) is 9.00. The zero-order valence-corrected chi connectivity index (χ0v) is 18.5. The van der Waals surface area contributed by atoms with Crippen LogP contribution in [0, 0.1) is 13.8 Å². The van der Waals surface area contributed by atoms with Crippen molar-refractivity contribution >= 4 is 27.6 Å². The SMILES string of the molecule is CCOC(=O)c1cc(Cc2cccc(Cl)c2)n(NS(=O)(=O)c2ccc(C)cc2)c1C. The highest BCUT2D eigenvalue weighted by Gasteiger charge is 2.23. The summed E-state index contributed by atoms with van der Waals surface area (Å²) in [6, 6.07) is 15.5. The predicted octanol–water partition coefficient (Wildman–Crippen LogP) is 4.46. The highest BCUT2D eigenvalue weighted by molar-refractivity contribution is 7.92. The van der Waals surface area contributed by atoms with Crippen LogP contribution in [0.1, 0.15) is 39.8 Å². The van der Waals surface area contributed by atoms with E-state index >= 15 is 0 Å². The monoisotopic (exact) mass is 446 g/mol. The van der Waals surface area contributed by atoms with Gasteiger partial charge in [0.25, 0.3) is 10.0 Å². The van der Waals surface area contributed by atoms with E-state index in [0.717, 1.165) is 11.1 Å². The fourth-order valence-corrected chi connectivity index (χ4v) is 4.40. The van der Waals surface area contributed by atoms with Crippen molar-refractivity contribution in [3.8, 4) is 0 Å². The maximum absolute atomic E-state index is 13.0. The van der Waals surface area contributed by atoms with Gasteiger partial charge >= 0.3 is 5.97 Å². The van der Waals surface area contributed by atoms with E-state index in [1.54, 1.807) is 56.3 Å². The number of hydrogen-bond donors (Lipinski definition) is 1. The number of benzene rings is 2. The Morgan fingerprint density at radius 3 is 2.43 bits per heavy atom. The molecule has 0 unspecified atom stereocenters. The van der Waals surface area contributed by atoms with Crippen molar-refractivity contribution in [1.82, 2.24) is 4.68 Å². The van der Waals surface area contributed by atoms with Crippen LogP contribution >= 0.6 is 11.6 Å². The van der Waals surface area contributed by atoms with Gasteiger partial charge in [-0.25, -0.2) is 9.63 Å². The first-order valence-corrected chi connectivity index (χ1v) is 11.3. The summed E-state index contributed by atoms with van der Waals surface area (Å²) < 4.78 is 32.5.